The second-order valence-electron chi connectivity index (χ2n) is 4.05. The van der Waals surface area contributed by atoms with Gasteiger partial charge in [-0.15, -0.1) is 5.10 Å². The number of aromatic nitrogens is 4. The molecule has 2 aromatic rings. The molecule has 0 bridgehead atoms. The van der Waals surface area contributed by atoms with Crippen molar-refractivity contribution in [1.82, 2.24) is 20.2 Å². The summed E-state index contributed by atoms with van der Waals surface area (Å²) < 4.78 is 1.81. The van der Waals surface area contributed by atoms with Crippen molar-refractivity contribution in [3.63, 3.8) is 0 Å². The van der Waals surface area contributed by atoms with Gasteiger partial charge in [0.05, 0.1) is 21.0 Å². The molecule has 5 nitrogen and oxygen atoms in total. The van der Waals surface area contributed by atoms with Gasteiger partial charge in [-0.3, -0.25) is 0 Å². The number of tetrazole rings is 1. The van der Waals surface area contributed by atoms with Crippen LogP contribution in [-0.4, -0.2) is 20.2 Å². The lowest BCUT2D eigenvalue weighted by Crippen LogP contribution is -1.98. The molecule has 0 saturated heterocycles. The number of nitrogens with zero attached hydrogens (tertiary/aromatic N) is 4. The summed E-state index contributed by atoms with van der Waals surface area (Å²) in [5.74, 6) is 0. The molecule has 1 heterocycles. The largest absolute Gasteiger partial charge is 0.399 e. The number of anilines is 1. The molecule has 0 amide bonds. The molecule has 2 N–H and O–H groups in total. The average molecular weight is 302 g/mol. The van der Waals surface area contributed by atoms with E-state index >= 15 is 0 Å². The summed E-state index contributed by atoms with van der Waals surface area (Å²) in [7, 11) is 0. The molecule has 1 aromatic heterocycles. The van der Waals surface area contributed by atoms with E-state index in [-0.39, 0.29) is 0 Å². The Morgan fingerprint density at radius 1 is 1.28 bits per heavy atom. The Bertz CT molecular complexity index is 573. The van der Waals surface area contributed by atoms with Crippen LogP contribution in [-0.2, 0) is 0 Å². The van der Waals surface area contributed by atoms with Crippen LogP contribution in [0.4, 0.5) is 5.69 Å². The van der Waals surface area contributed by atoms with Crippen LogP contribution in [0.25, 0.3) is 0 Å². The van der Waals surface area contributed by atoms with Crippen molar-refractivity contribution in [2.45, 2.75) is 28.9 Å². The second-order valence-corrected chi connectivity index (χ2v) is 5.84. The van der Waals surface area contributed by atoms with Crippen LogP contribution in [0.3, 0.4) is 0 Å². The number of rotatable bonds is 3. The van der Waals surface area contributed by atoms with Crippen molar-refractivity contribution >= 4 is 40.7 Å². The molecule has 1 saturated carbocycles. The van der Waals surface area contributed by atoms with Gasteiger partial charge in [0.2, 0.25) is 5.16 Å². The Labute approximate surface area is 118 Å². The first-order chi connectivity index (χ1) is 8.65. The number of nitrogens with two attached hydrogens (primary N) is 1. The Hall–Kier alpha value is -0.980. The monoisotopic (exact) mass is 301 g/mol. The molecule has 18 heavy (non-hydrogen) atoms. The van der Waals surface area contributed by atoms with Crippen LogP contribution in [0.1, 0.15) is 18.9 Å². The molecule has 1 aromatic carbocycles. The van der Waals surface area contributed by atoms with Crippen LogP contribution in [0.5, 0.6) is 0 Å². The van der Waals surface area contributed by atoms with Crippen LogP contribution in [0, 0.1) is 0 Å². The first kappa shape index (κ1) is 12.1. The molecule has 8 heteroatoms. The molecule has 1 fully saturated rings. The molecule has 1 aliphatic rings. The predicted molar refractivity (Wildman–Crippen MR) is 71.1 cm³/mol. The molecular weight excluding hydrogens is 293 g/mol. The molecular formula is C10H9Cl2N5S. The first-order valence-electron chi connectivity index (χ1n) is 5.35. The first-order valence-corrected chi connectivity index (χ1v) is 6.92. The third kappa shape index (κ3) is 2.28. The van der Waals surface area contributed by atoms with E-state index in [9.17, 15) is 0 Å². The molecule has 3 rings (SSSR count). The second kappa shape index (κ2) is 4.60. The third-order valence-corrected chi connectivity index (χ3v) is 4.48. The predicted octanol–water partition coefficient (Wildman–Crippen LogP) is 3.05. The highest BCUT2D eigenvalue weighted by Crippen LogP contribution is 2.42. The molecule has 1 aliphatic carbocycles. The lowest BCUT2D eigenvalue weighted by molar-refractivity contribution is 0.565. The summed E-state index contributed by atoms with van der Waals surface area (Å²) in [6, 6.07) is 3.75. The SMILES string of the molecule is Nc1cc(Cl)c(Sc2nnnn2C2CC2)c(Cl)c1. The van der Waals surface area contributed by atoms with E-state index in [4.69, 9.17) is 28.9 Å². The summed E-state index contributed by atoms with van der Waals surface area (Å²) in [6.45, 7) is 0. The maximum Gasteiger partial charge on any atom is 0.214 e. The number of hydrogen-bond acceptors (Lipinski definition) is 5. The standard InChI is InChI=1S/C10H9Cl2N5S/c11-7-3-5(13)4-8(12)9(7)18-10-14-15-16-17(10)6-1-2-6/h3-4,6H,1-2,13H2. The van der Waals surface area contributed by atoms with Crippen LogP contribution in [0.2, 0.25) is 10.0 Å². The zero-order valence-electron chi connectivity index (χ0n) is 9.18. The average Bonchev–Trinajstić information content (AvgIpc) is 3.04. The summed E-state index contributed by atoms with van der Waals surface area (Å²) >= 11 is 13.6. The lowest BCUT2D eigenvalue weighted by Gasteiger charge is -2.07. The van der Waals surface area contributed by atoms with Gasteiger partial charge in [-0.25, -0.2) is 4.68 Å². The summed E-state index contributed by atoms with van der Waals surface area (Å²) in [5.41, 5.74) is 6.20. The topological polar surface area (TPSA) is 69.6 Å². The normalized spacial score (nSPS) is 15.0. The fraction of sp³-hybridized carbons (Fsp3) is 0.300. The minimum atomic E-state index is 0.411. The highest BCUT2D eigenvalue weighted by atomic mass is 35.5. The van der Waals surface area contributed by atoms with E-state index < -0.39 is 0 Å². The van der Waals surface area contributed by atoms with Gasteiger partial charge in [0.25, 0.3) is 0 Å². The van der Waals surface area contributed by atoms with Crippen LogP contribution >= 0.6 is 35.0 Å². The van der Waals surface area contributed by atoms with Gasteiger partial charge < -0.3 is 5.73 Å². The van der Waals surface area contributed by atoms with Gasteiger partial charge in [-0.05, 0) is 47.2 Å². The fourth-order valence-corrected chi connectivity index (χ4v) is 3.16. The van der Waals surface area contributed by atoms with Crippen molar-refractivity contribution in [2.24, 2.45) is 0 Å². The lowest BCUT2D eigenvalue weighted by atomic mass is 10.3. The summed E-state index contributed by atoms with van der Waals surface area (Å²) in [5, 5.41) is 13.4. The highest BCUT2D eigenvalue weighted by Gasteiger charge is 2.28. The molecule has 0 atom stereocenters. The van der Waals surface area contributed by atoms with E-state index in [0.717, 1.165) is 17.7 Å². The van der Waals surface area contributed by atoms with Crippen molar-refractivity contribution in [1.29, 1.82) is 0 Å². The van der Waals surface area contributed by atoms with E-state index in [1.54, 1.807) is 12.1 Å². The zero-order valence-corrected chi connectivity index (χ0v) is 11.5. The number of benzene rings is 1. The Morgan fingerprint density at radius 3 is 2.56 bits per heavy atom. The molecule has 0 spiro atoms. The van der Waals surface area contributed by atoms with Crippen molar-refractivity contribution in [3.8, 4) is 0 Å². The molecule has 0 unspecified atom stereocenters. The van der Waals surface area contributed by atoms with Gasteiger partial charge in [0.15, 0.2) is 0 Å². The number of nitrogen functional groups attached to an aromatic ring is 1. The number of halogens is 2. The third-order valence-electron chi connectivity index (χ3n) is 2.57. The van der Waals surface area contributed by atoms with E-state index in [0.29, 0.717) is 26.9 Å². The Balaban J connectivity index is 1.94. The van der Waals surface area contributed by atoms with Crippen molar-refractivity contribution < 1.29 is 0 Å². The fourth-order valence-electron chi connectivity index (χ4n) is 1.57. The maximum atomic E-state index is 6.14. The smallest absolute Gasteiger partial charge is 0.214 e. The van der Waals surface area contributed by atoms with Gasteiger partial charge in [-0.2, -0.15) is 0 Å². The molecule has 0 aliphatic heterocycles. The summed E-state index contributed by atoms with van der Waals surface area (Å²) in [4.78, 5) is 0.726. The van der Waals surface area contributed by atoms with Crippen LogP contribution < -0.4 is 5.73 Å². The van der Waals surface area contributed by atoms with Crippen molar-refractivity contribution in [3.05, 3.63) is 22.2 Å². The Kier molecular flexibility index (Phi) is 3.09. The minimum absolute atomic E-state index is 0.411. The van der Waals surface area contributed by atoms with Crippen molar-refractivity contribution in [2.75, 3.05) is 5.73 Å². The Morgan fingerprint density at radius 2 is 1.94 bits per heavy atom. The van der Waals surface area contributed by atoms with Gasteiger partial charge in [-0.1, -0.05) is 23.2 Å². The summed E-state index contributed by atoms with van der Waals surface area (Å²) in [6.07, 6.45) is 2.23. The molecule has 94 valence electrons. The maximum absolute atomic E-state index is 6.14. The van der Waals surface area contributed by atoms with Crippen LogP contribution in [0.15, 0.2) is 22.2 Å². The molecule has 0 radical (unpaired) electrons. The van der Waals surface area contributed by atoms with E-state index in [2.05, 4.69) is 15.5 Å². The zero-order chi connectivity index (χ0) is 12.7. The van der Waals surface area contributed by atoms with Gasteiger partial charge in [0.1, 0.15) is 0 Å². The van der Waals surface area contributed by atoms with Gasteiger partial charge >= 0.3 is 0 Å². The van der Waals surface area contributed by atoms with E-state index in [1.807, 2.05) is 4.68 Å². The minimum Gasteiger partial charge on any atom is -0.399 e. The van der Waals surface area contributed by atoms with Gasteiger partial charge in [0, 0.05) is 5.69 Å². The quantitative estimate of drug-likeness (QED) is 0.882. The van der Waals surface area contributed by atoms with E-state index in [1.165, 1.54) is 11.8 Å². The highest BCUT2D eigenvalue weighted by molar-refractivity contribution is 7.99. The number of hydrogen-bond donors (Lipinski definition) is 1.